The molecule has 114 valence electrons. The average molecular weight is 346 g/mol. The Labute approximate surface area is 129 Å². The molecule has 0 amide bonds. The number of methoxy groups -OCH3 is 2. The molecule has 1 aromatic carbocycles. The molecule has 0 aromatic heterocycles. The molecule has 0 aliphatic carbocycles. The molecule has 1 unspecified atom stereocenters. The van der Waals surface area contributed by atoms with Gasteiger partial charge in [-0.1, -0.05) is 34.1 Å². The second kappa shape index (κ2) is 10.3. The molecule has 0 radical (unpaired) electrons. The molecule has 4 nitrogen and oxygen atoms in total. The highest BCUT2D eigenvalue weighted by Gasteiger charge is 2.13. The van der Waals surface area contributed by atoms with Crippen LogP contribution >= 0.6 is 15.9 Å². The van der Waals surface area contributed by atoms with E-state index in [0.717, 1.165) is 29.7 Å². The SMILES string of the molecule is COCCN(CCOC)CCC(O)c1ccccc1Br. The fourth-order valence-corrected chi connectivity index (χ4v) is 2.53. The first-order valence-corrected chi connectivity index (χ1v) is 7.61. The average Bonchev–Trinajstić information content (AvgIpc) is 2.46. The van der Waals surface area contributed by atoms with Crippen molar-refractivity contribution in [2.45, 2.75) is 12.5 Å². The van der Waals surface area contributed by atoms with Gasteiger partial charge >= 0.3 is 0 Å². The van der Waals surface area contributed by atoms with Crippen LogP contribution in [0.3, 0.4) is 0 Å². The molecule has 0 saturated heterocycles. The van der Waals surface area contributed by atoms with Gasteiger partial charge in [-0.2, -0.15) is 0 Å². The standard InChI is InChI=1S/C15H24BrNO3/c1-19-11-9-17(10-12-20-2)8-7-15(18)13-5-3-4-6-14(13)16/h3-6,15,18H,7-12H2,1-2H3. The van der Waals surface area contributed by atoms with Crippen molar-refractivity contribution in [2.24, 2.45) is 0 Å². The van der Waals surface area contributed by atoms with Gasteiger partial charge in [-0.25, -0.2) is 0 Å². The molecule has 1 aromatic rings. The van der Waals surface area contributed by atoms with E-state index in [1.165, 1.54) is 0 Å². The molecule has 0 aliphatic rings. The molecule has 0 spiro atoms. The van der Waals surface area contributed by atoms with Gasteiger partial charge in [-0.05, 0) is 18.1 Å². The molecule has 1 atom stereocenters. The molecular weight excluding hydrogens is 322 g/mol. The second-order valence-electron chi connectivity index (χ2n) is 4.65. The van der Waals surface area contributed by atoms with Crippen LogP contribution in [0.4, 0.5) is 0 Å². The van der Waals surface area contributed by atoms with E-state index in [1.807, 2.05) is 24.3 Å². The molecule has 1 N–H and O–H groups in total. The van der Waals surface area contributed by atoms with Crippen molar-refractivity contribution >= 4 is 15.9 Å². The zero-order valence-corrected chi connectivity index (χ0v) is 13.8. The number of rotatable bonds is 10. The Bertz CT molecular complexity index is 368. The maximum atomic E-state index is 10.3. The minimum absolute atomic E-state index is 0.460. The number of ether oxygens (including phenoxy) is 2. The molecule has 5 heteroatoms. The van der Waals surface area contributed by atoms with Crippen molar-refractivity contribution in [3.63, 3.8) is 0 Å². The fraction of sp³-hybridized carbons (Fsp3) is 0.600. The van der Waals surface area contributed by atoms with Crippen LogP contribution in [0, 0.1) is 0 Å². The van der Waals surface area contributed by atoms with E-state index >= 15 is 0 Å². The quantitative estimate of drug-likeness (QED) is 0.707. The van der Waals surface area contributed by atoms with Gasteiger partial charge in [0.25, 0.3) is 0 Å². The highest BCUT2D eigenvalue weighted by Crippen LogP contribution is 2.25. The van der Waals surface area contributed by atoms with Crippen LogP contribution in [0.2, 0.25) is 0 Å². The summed E-state index contributed by atoms with van der Waals surface area (Å²) in [6.07, 6.45) is 0.230. The first-order valence-electron chi connectivity index (χ1n) is 6.81. The lowest BCUT2D eigenvalue weighted by Crippen LogP contribution is -2.32. The van der Waals surface area contributed by atoms with Crippen LogP contribution in [0.5, 0.6) is 0 Å². The Morgan fingerprint density at radius 2 is 1.70 bits per heavy atom. The van der Waals surface area contributed by atoms with Gasteiger partial charge in [-0.3, -0.25) is 4.90 Å². The maximum absolute atomic E-state index is 10.3. The Morgan fingerprint density at radius 1 is 1.10 bits per heavy atom. The molecule has 0 aliphatic heterocycles. The largest absolute Gasteiger partial charge is 0.388 e. The lowest BCUT2D eigenvalue weighted by atomic mass is 10.1. The fourth-order valence-electron chi connectivity index (χ4n) is 1.98. The van der Waals surface area contributed by atoms with E-state index in [0.29, 0.717) is 19.6 Å². The predicted molar refractivity (Wildman–Crippen MR) is 83.9 cm³/mol. The van der Waals surface area contributed by atoms with Crippen molar-refractivity contribution in [2.75, 3.05) is 47.1 Å². The van der Waals surface area contributed by atoms with Crippen LogP contribution in [0.1, 0.15) is 18.1 Å². The summed E-state index contributed by atoms with van der Waals surface area (Å²) in [5.41, 5.74) is 0.936. The van der Waals surface area contributed by atoms with Gasteiger partial charge in [0, 0.05) is 38.3 Å². The van der Waals surface area contributed by atoms with Gasteiger partial charge in [0.15, 0.2) is 0 Å². The third-order valence-electron chi connectivity index (χ3n) is 3.21. The third-order valence-corrected chi connectivity index (χ3v) is 3.93. The van der Waals surface area contributed by atoms with Crippen molar-refractivity contribution in [1.29, 1.82) is 0 Å². The summed E-state index contributed by atoms with van der Waals surface area (Å²) in [5, 5.41) is 10.3. The van der Waals surface area contributed by atoms with E-state index in [-0.39, 0.29) is 0 Å². The normalized spacial score (nSPS) is 12.8. The molecule has 0 saturated carbocycles. The summed E-state index contributed by atoms with van der Waals surface area (Å²) in [5.74, 6) is 0. The summed E-state index contributed by atoms with van der Waals surface area (Å²) in [7, 11) is 3.40. The Morgan fingerprint density at radius 3 is 2.25 bits per heavy atom. The van der Waals surface area contributed by atoms with Crippen LogP contribution < -0.4 is 0 Å². The zero-order chi connectivity index (χ0) is 14.8. The van der Waals surface area contributed by atoms with Gasteiger partial charge in [0.1, 0.15) is 0 Å². The van der Waals surface area contributed by atoms with Crippen molar-refractivity contribution in [3.05, 3.63) is 34.3 Å². The summed E-state index contributed by atoms with van der Waals surface area (Å²) in [6.45, 7) is 3.89. The molecule has 0 heterocycles. The smallest absolute Gasteiger partial charge is 0.0813 e. The molecule has 0 fully saturated rings. The van der Waals surface area contributed by atoms with Gasteiger partial charge in [-0.15, -0.1) is 0 Å². The topological polar surface area (TPSA) is 41.9 Å². The van der Waals surface area contributed by atoms with Crippen LogP contribution in [-0.4, -0.2) is 57.1 Å². The van der Waals surface area contributed by atoms with E-state index in [9.17, 15) is 5.11 Å². The Hall–Kier alpha value is -0.460. The van der Waals surface area contributed by atoms with Crippen molar-refractivity contribution in [1.82, 2.24) is 4.90 Å². The van der Waals surface area contributed by atoms with Crippen LogP contribution in [0.15, 0.2) is 28.7 Å². The lowest BCUT2D eigenvalue weighted by molar-refractivity contribution is 0.0943. The highest BCUT2D eigenvalue weighted by atomic mass is 79.9. The number of halogens is 1. The third kappa shape index (κ3) is 6.33. The van der Waals surface area contributed by atoms with Gasteiger partial charge < -0.3 is 14.6 Å². The molecule has 20 heavy (non-hydrogen) atoms. The zero-order valence-electron chi connectivity index (χ0n) is 12.2. The number of hydrogen-bond donors (Lipinski definition) is 1. The van der Waals surface area contributed by atoms with E-state index in [4.69, 9.17) is 9.47 Å². The van der Waals surface area contributed by atoms with E-state index in [1.54, 1.807) is 14.2 Å². The summed E-state index contributed by atoms with van der Waals surface area (Å²) >= 11 is 3.47. The summed E-state index contributed by atoms with van der Waals surface area (Å²) in [6, 6.07) is 7.79. The first-order chi connectivity index (χ1) is 9.69. The van der Waals surface area contributed by atoms with Gasteiger partial charge in [0.2, 0.25) is 0 Å². The van der Waals surface area contributed by atoms with E-state index < -0.39 is 6.10 Å². The molecular formula is C15H24BrNO3. The predicted octanol–water partition coefficient (Wildman–Crippen LogP) is 2.47. The summed E-state index contributed by atoms with van der Waals surface area (Å²) in [4.78, 5) is 2.24. The second-order valence-corrected chi connectivity index (χ2v) is 5.51. The molecule has 0 bridgehead atoms. The molecule has 1 rings (SSSR count). The number of aliphatic hydroxyl groups is 1. The number of aliphatic hydroxyl groups excluding tert-OH is 1. The van der Waals surface area contributed by atoms with Crippen molar-refractivity contribution < 1.29 is 14.6 Å². The van der Waals surface area contributed by atoms with Crippen molar-refractivity contribution in [3.8, 4) is 0 Å². The lowest BCUT2D eigenvalue weighted by Gasteiger charge is -2.23. The number of hydrogen-bond acceptors (Lipinski definition) is 4. The van der Waals surface area contributed by atoms with E-state index in [2.05, 4.69) is 20.8 Å². The Kier molecular flexibility index (Phi) is 9.05. The van der Waals surface area contributed by atoms with Crippen LogP contribution in [0.25, 0.3) is 0 Å². The van der Waals surface area contributed by atoms with Gasteiger partial charge in [0.05, 0.1) is 19.3 Å². The summed E-state index contributed by atoms with van der Waals surface area (Å²) < 4.78 is 11.2. The van der Waals surface area contributed by atoms with Crippen LogP contribution in [-0.2, 0) is 9.47 Å². The number of nitrogens with zero attached hydrogens (tertiary/aromatic N) is 1. The minimum atomic E-state index is -0.460. The number of benzene rings is 1. The Balaban J connectivity index is 2.46. The first kappa shape index (κ1) is 17.6. The minimum Gasteiger partial charge on any atom is -0.388 e. The monoisotopic (exact) mass is 345 g/mol. The highest BCUT2D eigenvalue weighted by molar-refractivity contribution is 9.10. The maximum Gasteiger partial charge on any atom is 0.0813 e.